The molecule has 0 atom stereocenters. The van der Waals surface area contributed by atoms with Gasteiger partial charge < -0.3 is 11.1 Å². The summed E-state index contributed by atoms with van der Waals surface area (Å²) in [4.78, 5) is 4.88. The van der Waals surface area contributed by atoms with Crippen LogP contribution >= 0.6 is 12.2 Å². The zero-order valence-corrected chi connectivity index (χ0v) is 9.82. The van der Waals surface area contributed by atoms with E-state index in [1.54, 1.807) is 0 Å². The zero-order chi connectivity index (χ0) is 11.0. The monoisotopic (exact) mass is 221 g/mol. The third kappa shape index (κ3) is 2.26. The predicted molar refractivity (Wildman–Crippen MR) is 66.2 cm³/mol. The number of hydrogen-bond acceptors (Lipinski definition) is 3. The van der Waals surface area contributed by atoms with Gasteiger partial charge >= 0.3 is 0 Å². The van der Waals surface area contributed by atoms with Gasteiger partial charge in [0, 0.05) is 11.7 Å². The van der Waals surface area contributed by atoms with Gasteiger partial charge in [0.2, 0.25) is 0 Å². The first kappa shape index (κ1) is 10.4. The second-order valence-corrected chi connectivity index (χ2v) is 4.53. The summed E-state index contributed by atoms with van der Waals surface area (Å²) in [6.45, 7) is 4.00. The van der Waals surface area contributed by atoms with Gasteiger partial charge in [-0.15, -0.1) is 0 Å². The highest BCUT2D eigenvalue weighted by atomic mass is 32.1. The van der Waals surface area contributed by atoms with Crippen molar-refractivity contribution in [2.45, 2.75) is 32.7 Å². The van der Waals surface area contributed by atoms with Gasteiger partial charge in [-0.1, -0.05) is 12.2 Å². The molecule has 1 aliphatic rings. The van der Waals surface area contributed by atoms with Gasteiger partial charge in [-0.3, -0.25) is 0 Å². The summed E-state index contributed by atoms with van der Waals surface area (Å²) in [6.07, 6.45) is 2.43. The normalized spacial score (nSPS) is 15.1. The number of rotatable bonds is 3. The van der Waals surface area contributed by atoms with Crippen LogP contribution in [0.3, 0.4) is 0 Å². The Morgan fingerprint density at radius 1 is 1.53 bits per heavy atom. The quantitative estimate of drug-likeness (QED) is 0.766. The standard InChI is InChI=1S/C11H15N3S/c1-6-5-7(2)13-11(9(6)10(12)15)14-8-3-4-8/h5,8H,3-4H2,1-2H3,(H2,12,15)(H,13,14). The van der Waals surface area contributed by atoms with Crippen LogP contribution < -0.4 is 11.1 Å². The molecule has 3 N–H and O–H groups in total. The molecular weight excluding hydrogens is 206 g/mol. The molecule has 4 heteroatoms. The fourth-order valence-electron chi connectivity index (χ4n) is 1.67. The molecule has 0 aromatic carbocycles. The first-order valence-electron chi connectivity index (χ1n) is 5.12. The van der Waals surface area contributed by atoms with Gasteiger partial charge in [0.15, 0.2) is 0 Å². The summed E-state index contributed by atoms with van der Waals surface area (Å²) in [5.74, 6) is 0.850. The van der Waals surface area contributed by atoms with Crippen LogP contribution in [0.15, 0.2) is 6.07 Å². The van der Waals surface area contributed by atoms with Crippen molar-refractivity contribution in [2.75, 3.05) is 5.32 Å². The van der Waals surface area contributed by atoms with Crippen LogP contribution in [-0.2, 0) is 0 Å². The SMILES string of the molecule is Cc1cc(C)c(C(N)=S)c(NC2CC2)n1. The second-order valence-electron chi connectivity index (χ2n) is 4.09. The van der Waals surface area contributed by atoms with E-state index in [1.807, 2.05) is 19.9 Å². The molecule has 80 valence electrons. The highest BCUT2D eigenvalue weighted by molar-refractivity contribution is 7.80. The molecule has 2 rings (SSSR count). The van der Waals surface area contributed by atoms with Gasteiger partial charge in [-0.2, -0.15) is 0 Å². The third-order valence-electron chi connectivity index (χ3n) is 2.51. The van der Waals surface area contributed by atoms with E-state index >= 15 is 0 Å². The maximum atomic E-state index is 5.71. The number of pyridine rings is 1. The first-order chi connectivity index (χ1) is 7.08. The fraction of sp³-hybridized carbons (Fsp3) is 0.455. The molecule has 1 saturated carbocycles. The van der Waals surface area contributed by atoms with Crippen LogP contribution in [0.25, 0.3) is 0 Å². The van der Waals surface area contributed by atoms with Crippen LogP contribution in [0.4, 0.5) is 5.82 Å². The lowest BCUT2D eigenvalue weighted by molar-refractivity contribution is 1.08. The number of nitrogens with zero attached hydrogens (tertiary/aromatic N) is 1. The molecule has 0 radical (unpaired) electrons. The summed E-state index contributed by atoms with van der Waals surface area (Å²) in [7, 11) is 0. The number of nitrogens with two attached hydrogens (primary N) is 1. The topological polar surface area (TPSA) is 50.9 Å². The van der Waals surface area contributed by atoms with Crippen molar-refractivity contribution in [3.05, 3.63) is 22.9 Å². The lowest BCUT2D eigenvalue weighted by Crippen LogP contribution is -2.17. The minimum Gasteiger partial charge on any atom is -0.389 e. The largest absolute Gasteiger partial charge is 0.389 e. The van der Waals surface area contributed by atoms with Crippen molar-refractivity contribution >= 4 is 23.0 Å². The summed E-state index contributed by atoms with van der Waals surface area (Å²) in [5.41, 5.74) is 8.70. The highest BCUT2D eigenvalue weighted by Gasteiger charge is 2.23. The maximum Gasteiger partial charge on any atom is 0.136 e. The number of hydrogen-bond donors (Lipinski definition) is 2. The van der Waals surface area contributed by atoms with E-state index < -0.39 is 0 Å². The molecule has 1 fully saturated rings. The van der Waals surface area contributed by atoms with E-state index in [2.05, 4.69) is 10.3 Å². The van der Waals surface area contributed by atoms with Crippen molar-refractivity contribution in [3.8, 4) is 0 Å². The Balaban J connectivity index is 2.42. The van der Waals surface area contributed by atoms with E-state index in [-0.39, 0.29) is 0 Å². The Kier molecular flexibility index (Phi) is 2.61. The molecule has 1 aromatic heterocycles. The molecule has 0 saturated heterocycles. The molecule has 0 amide bonds. The minimum absolute atomic E-state index is 0.420. The molecule has 1 aromatic rings. The summed E-state index contributed by atoms with van der Waals surface area (Å²) < 4.78 is 0. The van der Waals surface area contributed by atoms with E-state index in [0.717, 1.165) is 22.6 Å². The Morgan fingerprint density at radius 3 is 2.73 bits per heavy atom. The molecule has 0 aliphatic heterocycles. The Labute approximate surface area is 95.1 Å². The summed E-state index contributed by atoms with van der Waals surface area (Å²) in [5, 5.41) is 3.37. The van der Waals surface area contributed by atoms with E-state index in [9.17, 15) is 0 Å². The van der Waals surface area contributed by atoms with Crippen molar-refractivity contribution in [3.63, 3.8) is 0 Å². The van der Waals surface area contributed by atoms with E-state index in [4.69, 9.17) is 18.0 Å². The first-order valence-corrected chi connectivity index (χ1v) is 5.53. The average molecular weight is 221 g/mol. The summed E-state index contributed by atoms with van der Waals surface area (Å²) in [6, 6.07) is 2.57. The van der Waals surface area contributed by atoms with Gasteiger partial charge in [0.25, 0.3) is 0 Å². The lowest BCUT2D eigenvalue weighted by atomic mass is 10.1. The van der Waals surface area contributed by atoms with Gasteiger partial charge in [0.1, 0.15) is 10.8 Å². The Bertz CT molecular complexity index is 411. The van der Waals surface area contributed by atoms with Crippen LogP contribution in [0, 0.1) is 13.8 Å². The maximum absolute atomic E-state index is 5.71. The van der Waals surface area contributed by atoms with Crippen molar-refractivity contribution in [2.24, 2.45) is 5.73 Å². The average Bonchev–Trinajstić information content (AvgIpc) is 2.85. The molecule has 15 heavy (non-hydrogen) atoms. The molecule has 1 aliphatic carbocycles. The summed E-state index contributed by atoms with van der Waals surface area (Å²) >= 11 is 5.05. The van der Waals surface area contributed by atoms with Crippen molar-refractivity contribution in [1.82, 2.24) is 4.98 Å². The zero-order valence-electron chi connectivity index (χ0n) is 9.00. The van der Waals surface area contributed by atoms with Gasteiger partial charge in [0.05, 0.1) is 5.56 Å². The molecule has 0 bridgehead atoms. The second kappa shape index (κ2) is 3.77. The van der Waals surface area contributed by atoms with Gasteiger partial charge in [-0.25, -0.2) is 4.98 Å². The smallest absolute Gasteiger partial charge is 0.136 e. The Hall–Kier alpha value is -1.16. The molecular formula is C11H15N3S. The van der Waals surface area contributed by atoms with Gasteiger partial charge in [-0.05, 0) is 38.3 Å². The number of thiocarbonyl (C=S) groups is 1. The highest BCUT2D eigenvalue weighted by Crippen LogP contribution is 2.27. The Morgan fingerprint density at radius 2 is 2.20 bits per heavy atom. The van der Waals surface area contributed by atoms with Crippen LogP contribution in [-0.4, -0.2) is 16.0 Å². The molecule has 0 spiro atoms. The fourth-order valence-corrected chi connectivity index (χ4v) is 1.93. The molecule has 0 unspecified atom stereocenters. The molecule has 1 heterocycles. The van der Waals surface area contributed by atoms with E-state index in [1.165, 1.54) is 12.8 Å². The van der Waals surface area contributed by atoms with E-state index in [0.29, 0.717) is 11.0 Å². The number of anilines is 1. The van der Waals surface area contributed by atoms with Crippen molar-refractivity contribution < 1.29 is 0 Å². The van der Waals surface area contributed by atoms with Crippen LogP contribution in [0.2, 0.25) is 0 Å². The lowest BCUT2D eigenvalue weighted by Gasteiger charge is -2.13. The van der Waals surface area contributed by atoms with Crippen LogP contribution in [0.5, 0.6) is 0 Å². The molecule has 3 nitrogen and oxygen atoms in total. The number of nitrogens with one attached hydrogen (secondary N) is 1. The minimum atomic E-state index is 0.420. The third-order valence-corrected chi connectivity index (χ3v) is 2.71. The number of aromatic nitrogens is 1. The van der Waals surface area contributed by atoms with Crippen LogP contribution in [0.1, 0.15) is 29.7 Å². The predicted octanol–water partition coefficient (Wildman–Crippen LogP) is 1.91. The number of aryl methyl sites for hydroxylation is 2. The van der Waals surface area contributed by atoms with Crippen molar-refractivity contribution in [1.29, 1.82) is 0 Å².